The molecule has 0 bridgehead atoms. The van der Waals surface area contributed by atoms with Gasteiger partial charge in [-0.1, -0.05) is 15.9 Å². The van der Waals surface area contributed by atoms with Crippen LogP contribution in [-0.2, 0) is 0 Å². The molecule has 0 aliphatic carbocycles. The zero-order valence-electron chi connectivity index (χ0n) is 7.18. The first-order valence-electron chi connectivity index (χ1n) is 3.86. The number of nitrogens with two attached hydrogens (primary N) is 1. The second kappa shape index (κ2) is 4.50. The molecule has 5 nitrogen and oxygen atoms in total. The molecule has 0 fully saturated rings. The SMILES string of the molecule is N[C@H](CO)c1cc([N+](=O)[O-])ccc1Br. The number of aliphatic hydroxyl groups is 1. The Balaban J connectivity index is 3.14. The molecule has 1 atom stereocenters. The van der Waals surface area contributed by atoms with Crippen LogP contribution in [0.15, 0.2) is 22.7 Å². The third-order valence-electron chi connectivity index (χ3n) is 1.79. The minimum absolute atomic E-state index is 0.0351. The largest absolute Gasteiger partial charge is 0.394 e. The lowest BCUT2D eigenvalue weighted by Crippen LogP contribution is -2.15. The van der Waals surface area contributed by atoms with Gasteiger partial charge in [0.15, 0.2) is 0 Å². The number of rotatable bonds is 3. The number of aliphatic hydroxyl groups excluding tert-OH is 1. The standard InChI is InChI=1S/C8H9BrN2O3/c9-7-2-1-5(11(13)14)3-6(7)8(10)4-12/h1-3,8,12H,4,10H2/t8-/m1/s1. The molecule has 0 spiro atoms. The van der Waals surface area contributed by atoms with Crippen molar-refractivity contribution in [3.63, 3.8) is 0 Å². The number of nitro benzene ring substituents is 1. The quantitative estimate of drug-likeness (QED) is 0.634. The van der Waals surface area contributed by atoms with E-state index in [4.69, 9.17) is 10.8 Å². The molecular formula is C8H9BrN2O3. The molecule has 0 aromatic heterocycles. The Morgan fingerprint density at radius 3 is 2.79 bits per heavy atom. The minimum atomic E-state index is -0.607. The van der Waals surface area contributed by atoms with E-state index in [1.165, 1.54) is 12.1 Å². The van der Waals surface area contributed by atoms with Gasteiger partial charge in [-0.25, -0.2) is 0 Å². The van der Waals surface area contributed by atoms with E-state index in [1.54, 1.807) is 6.07 Å². The molecule has 1 rings (SSSR count). The van der Waals surface area contributed by atoms with Crippen LogP contribution in [0.1, 0.15) is 11.6 Å². The Kier molecular flexibility index (Phi) is 3.56. The predicted molar refractivity (Wildman–Crippen MR) is 54.8 cm³/mol. The molecule has 0 unspecified atom stereocenters. The second-order valence-corrected chi connectivity index (χ2v) is 3.61. The first-order valence-corrected chi connectivity index (χ1v) is 4.66. The summed E-state index contributed by atoms with van der Waals surface area (Å²) in [5.41, 5.74) is 6.06. The van der Waals surface area contributed by atoms with Crippen LogP contribution >= 0.6 is 15.9 Å². The zero-order chi connectivity index (χ0) is 10.7. The van der Waals surface area contributed by atoms with Gasteiger partial charge in [0.1, 0.15) is 0 Å². The topological polar surface area (TPSA) is 89.4 Å². The molecule has 0 aliphatic rings. The van der Waals surface area contributed by atoms with Crippen LogP contribution < -0.4 is 5.73 Å². The van der Waals surface area contributed by atoms with Crippen molar-refractivity contribution in [3.05, 3.63) is 38.3 Å². The lowest BCUT2D eigenvalue weighted by molar-refractivity contribution is -0.384. The Morgan fingerprint density at radius 2 is 2.29 bits per heavy atom. The third kappa shape index (κ3) is 2.28. The average molecular weight is 261 g/mol. The normalized spacial score (nSPS) is 12.5. The maximum Gasteiger partial charge on any atom is 0.269 e. The van der Waals surface area contributed by atoms with Crippen molar-refractivity contribution in [3.8, 4) is 0 Å². The molecule has 1 aromatic rings. The summed E-state index contributed by atoms with van der Waals surface area (Å²) >= 11 is 3.21. The monoisotopic (exact) mass is 260 g/mol. The zero-order valence-corrected chi connectivity index (χ0v) is 8.77. The molecule has 6 heteroatoms. The highest BCUT2D eigenvalue weighted by molar-refractivity contribution is 9.10. The summed E-state index contributed by atoms with van der Waals surface area (Å²) in [6, 6.07) is 3.66. The lowest BCUT2D eigenvalue weighted by Gasteiger charge is -2.09. The van der Waals surface area contributed by atoms with Gasteiger partial charge in [0.2, 0.25) is 0 Å². The summed E-state index contributed by atoms with van der Waals surface area (Å²) in [5.74, 6) is 0. The third-order valence-corrected chi connectivity index (χ3v) is 2.51. The number of nitrogens with zero attached hydrogens (tertiary/aromatic N) is 1. The first-order chi connectivity index (χ1) is 6.56. The highest BCUT2D eigenvalue weighted by atomic mass is 79.9. The summed E-state index contributed by atoms with van der Waals surface area (Å²) in [6.45, 7) is -0.250. The highest BCUT2D eigenvalue weighted by Gasteiger charge is 2.13. The van der Waals surface area contributed by atoms with Crippen molar-refractivity contribution < 1.29 is 10.0 Å². The Bertz CT molecular complexity index is 356. The number of hydrogen-bond donors (Lipinski definition) is 2. The van der Waals surface area contributed by atoms with Gasteiger partial charge in [-0.15, -0.1) is 0 Å². The van der Waals surface area contributed by atoms with E-state index in [1.807, 2.05) is 0 Å². The van der Waals surface area contributed by atoms with E-state index in [0.29, 0.717) is 10.0 Å². The summed E-state index contributed by atoms with van der Waals surface area (Å²) in [5, 5.41) is 19.3. The second-order valence-electron chi connectivity index (χ2n) is 2.75. The van der Waals surface area contributed by atoms with Crippen molar-refractivity contribution in [2.24, 2.45) is 5.73 Å². The fourth-order valence-electron chi connectivity index (χ4n) is 1.03. The molecule has 0 heterocycles. The molecule has 1 aromatic carbocycles. The number of hydrogen-bond acceptors (Lipinski definition) is 4. The van der Waals surface area contributed by atoms with Crippen LogP contribution in [-0.4, -0.2) is 16.6 Å². The van der Waals surface area contributed by atoms with E-state index >= 15 is 0 Å². The van der Waals surface area contributed by atoms with E-state index in [-0.39, 0.29) is 12.3 Å². The smallest absolute Gasteiger partial charge is 0.269 e. The molecular weight excluding hydrogens is 252 g/mol. The number of nitro groups is 1. The summed E-state index contributed by atoms with van der Waals surface area (Å²) in [4.78, 5) is 9.96. The van der Waals surface area contributed by atoms with E-state index in [0.717, 1.165) is 0 Å². The van der Waals surface area contributed by atoms with Crippen molar-refractivity contribution in [1.29, 1.82) is 0 Å². The van der Waals surface area contributed by atoms with Gasteiger partial charge in [0, 0.05) is 16.6 Å². The van der Waals surface area contributed by atoms with Crippen molar-refractivity contribution in [2.45, 2.75) is 6.04 Å². The fraction of sp³-hybridized carbons (Fsp3) is 0.250. The highest BCUT2D eigenvalue weighted by Crippen LogP contribution is 2.26. The van der Waals surface area contributed by atoms with Gasteiger partial charge in [0.25, 0.3) is 5.69 Å². The average Bonchev–Trinajstić information content (AvgIpc) is 2.17. The molecule has 14 heavy (non-hydrogen) atoms. The fourth-order valence-corrected chi connectivity index (χ4v) is 1.57. The van der Waals surface area contributed by atoms with E-state index < -0.39 is 11.0 Å². The summed E-state index contributed by atoms with van der Waals surface area (Å²) in [7, 11) is 0. The Morgan fingerprint density at radius 1 is 1.64 bits per heavy atom. The number of benzene rings is 1. The maximum absolute atomic E-state index is 10.5. The van der Waals surface area contributed by atoms with Gasteiger partial charge in [-0.2, -0.15) is 0 Å². The number of halogens is 1. The molecule has 0 radical (unpaired) electrons. The molecule has 0 saturated carbocycles. The minimum Gasteiger partial charge on any atom is -0.394 e. The summed E-state index contributed by atoms with van der Waals surface area (Å²) in [6.07, 6.45) is 0. The molecule has 0 saturated heterocycles. The van der Waals surface area contributed by atoms with Gasteiger partial charge >= 0.3 is 0 Å². The van der Waals surface area contributed by atoms with Gasteiger partial charge in [-0.3, -0.25) is 10.1 Å². The molecule has 0 aliphatic heterocycles. The van der Waals surface area contributed by atoms with Crippen molar-refractivity contribution in [1.82, 2.24) is 0 Å². The van der Waals surface area contributed by atoms with Crippen LogP contribution in [0, 0.1) is 10.1 Å². The predicted octanol–water partition coefficient (Wildman–Crippen LogP) is 1.35. The van der Waals surface area contributed by atoms with Crippen LogP contribution in [0.5, 0.6) is 0 Å². The van der Waals surface area contributed by atoms with Crippen LogP contribution in [0.3, 0.4) is 0 Å². The van der Waals surface area contributed by atoms with Gasteiger partial charge in [-0.05, 0) is 11.6 Å². The Labute approximate surface area is 88.8 Å². The maximum atomic E-state index is 10.5. The molecule has 3 N–H and O–H groups in total. The summed E-state index contributed by atoms with van der Waals surface area (Å²) < 4.78 is 0.657. The Hall–Kier alpha value is -0.980. The van der Waals surface area contributed by atoms with Crippen LogP contribution in [0.2, 0.25) is 0 Å². The van der Waals surface area contributed by atoms with Gasteiger partial charge in [0.05, 0.1) is 17.6 Å². The van der Waals surface area contributed by atoms with Crippen LogP contribution in [0.4, 0.5) is 5.69 Å². The van der Waals surface area contributed by atoms with E-state index in [9.17, 15) is 10.1 Å². The molecule has 0 amide bonds. The number of non-ortho nitro benzene ring substituents is 1. The van der Waals surface area contributed by atoms with Crippen molar-refractivity contribution in [2.75, 3.05) is 6.61 Å². The molecule has 76 valence electrons. The first kappa shape index (κ1) is 11.1. The van der Waals surface area contributed by atoms with Crippen molar-refractivity contribution >= 4 is 21.6 Å². The van der Waals surface area contributed by atoms with Crippen LogP contribution in [0.25, 0.3) is 0 Å². The van der Waals surface area contributed by atoms with Gasteiger partial charge < -0.3 is 10.8 Å². The lowest BCUT2D eigenvalue weighted by atomic mass is 10.1. The van der Waals surface area contributed by atoms with E-state index in [2.05, 4.69) is 15.9 Å².